The lowest BCUT2D eigenvalue weighted by molar-refractivity contribution is -0.140. The molecule has 0 saturated heterocycles. The molecule has 0 spiro atoms. The molecule has 1 amide bonds. The van der Waals surface area contributed by atoms with Gasteiger partial charge < -0.3 is 14.8 Å². The molecule has 0 bridgehead atoms. The van der Waals surface area contributed by atoms with Crippen molar-refractivity contribution in [2.75, 3.05) is 20.3 Å². The van der Waals surface area contributed by atoms with Gasteiger partial charge in [-0.05, 0) is 48.9 Å². The van der Waals surface area contributed by atoms with Crippen LogP contribution < -0.4 is 5.32 Å². The maximum atomic E-state index is 11.9. The van der Waals surface area contributed by atoms with E-state index in [1.54, 1.807) is 6.07 Å². The van der Waals surface area contributed by atoms with Crippen LogP contribution in [0.3, 0.4) is 0 Å². The predicted molar refractivity (Wildman–Crippen MR) is 83.0 cm³/mol. The van der Waals surface area contributed by atoms with Crippen molar-refractivity contribution in [1.29, 1.82) is 0 Å². The second-order valence-electron chi connectivity index (χ2n) is 5.44. The van der Waals surface area contributed by atoms with Crippen LogP contribution in [0.2, 0.25) is 0 Å². The zero-order valence-corrected chi connectivity index (χ0v) is 13.2. The molecule has 124 valence electrons. The molecule has 0 fully saturated rings. The van der Waals surface area contributed by atoms with Crippen LogP contribution in [0.25, 0.3) is 0 Å². The summed E-state index contributed by atoms with van der Waals surface area (Å²) in [7, 11) is 1.32. The van der Waals surface area contributed by atoms with Crippen molar-refractivity contribution >= 4 is 17.8 Å². The number of carbonyl (C=O) groups is 3. The summed E-state index contributed by atoms with van der Waals surface area (Å²) < 4.78 is 9.50. The topological polar surface area (TPSA) is 81.7 Å². The number of ether oxygens (including phenoxy) is 2. The second-order valence-corrected chi connectivity index (χ2v) is 5.44. The number of hydrogen-bond donors (Lipinski definition) is 1. The Kier molecular flexibility index (Phi) is 6.14. The lowest BCUT2D eigenvalue weighted by atomic mass is 10.1. The third-order valence-electron chi connectivity index (χ3n) is 3.78. The SMILES string of the molecule is COC(=O)CCCNC(=O)COC(=O)c1ccc2c(c1)CCC2. The van der Waals surface area contributed by atoms with Gasteiger partial charge in [-0.15, -0.1) is 0 Å². The summed E-state index contributed by atoms with van der Waals surface area (Å²) in [6.45, 7) is 0.0124. The quantitative estimate of drug-likeness (QED) is 0.607. The Balaban J connectivity index is 1.69. The highest BCUT2D eigenvalue weighted by Crippen LogP contribution is 2.23. The predicted octanol–water partition coefficient (Wildman–Crippen LogP) is 1.40. The molecule has 0 saturated carbocycles. The summed E-state index contributed by atoms with van der Waals surface area (Å²) >= 11 is 0. The largest absolute Gasteiger partial charge is 0.469 e. The maximum Gasteiger partial charge on any atom is 0.338 e. The summed E-state index contributed by atoms with van der Waals surface area (Å²) in [6.07, 6.45) is 3.88. The van der Waals surface area contributed by atoms with Crippen LogP contribution in [-0.2, 0) is 31.9 Å². The van der Waals surface area contributed by atoms with E-state index < -0.39 is 5.97 Å². The van der Waals surface area contributed by atoms with Crippen LogP contribution in [0.5, 0.6) is 0 Å². The van der Waals surface area contributed by atoms with Gasteiger partial charge in [0.2, 0.25) is 0 Å². The van der Waals surface area contributed by atoms with Gasteiger partial charge in [-0.2, -0.15) is 0 Å². The second kappa shape index (κ2) is 8.31. The number of methoxy groups -OCH3 is 1. The van der Waals surface area contributed by atoms with Crippen molar-refractivity contribution in [2.45, 2.75) is 32.1 Å². The van der Waals surface area contributed by atoms with Crippen LogP contribution in [0, 0.1) is 0 Å². The highest BCUT2D eigenvalue weighted by molar-refractivity contribution is 5.91. The molecule has 2 rings (SSSR count). The van der Waals surface area contributed by atoms with Crippen LogP contribution in [-0.4, -0.2) is 38.1 Å². The molecule has 0 unspecified atom stereocenters. The van der Waals surface area contributed by atoms with Crippen molar-refractivity contribution in [3.8, 4) is 0 Å². The molecule has 0 aromatic heterocycles. The number of aryl methyl sites for hydroxylation is 2. The lowest BCUT2D eigenvalue weighted by Gasteiger charge is -2.07. The van der Waals surface area contributed by atoms with Crippen molar-refractivity contribution in [3.63, 3.8) is 0 Å². The van der Waals surface area contributed by atoms with E-state index in [1.165, 1.54) is 18.2 Å². The van der Waals surface area contributed by atoms with Crippen LogP contribution in [0.4, 0.5) is 0 Å². The van der Waals surface area contributed by atoms with Gasteiger partial charge in [-0.1, -0.05) is 6.07 Å². The van der Waals surface area contributed by atoms with E-state index in [0.717, 1.165) is 19.3 Å². The van der Waals surface area contributed by atoms with E-state index in [4.69, 9.17) is 4.74 Å². The minimum Gasteiger partial charge on any atom is -0.469 e. The zero-order valence-electron chi connectivity index (χ0n) is 13.2. The van der Waals surface area contributed by atoms with Gasteiger partial charge in [0.25, 0.3) is 5.91 Å². The van der Waals surface area contributed by atoms with E-state index >= 15 is 0 Å². The average molecular weight is 319 g/mol. The Hall–Kier alpha value is -2.37. The number of esters is 2. The Labute approximate surface area is 135 Å². The molecule has 1 aliphatic carbocycles. The summed E-state index contributed by atoms with van der Waals surface area (Å²) in [5, 5.41) is 2.59. The Morgan fingerprint density at radius 2 is 1.96 bits per heavy atom. The Morgan fingerprint density at radius 3 is 2.74 bits per heavy atom. The minimum atomic E-state index is -0.496. The summed E-state index contributed by atoms with van der Waals surface area (Å²) in [6, 6.07) is 5.53. The molecular weight excluding hydrogens is 298 g/mol. The number of amides is 1. The zero-order chi connectivity index (χ0) is 16.7. The number of rotatable bonds is 7. The van der Waals surface area contributed by atoms with Gasteiger partial charge in [0.1, 0.15) is 0 Å². The van der Waals surface area contributed by atoms with Crippen molar-refractivity contribution in [2.24, 2.45) is 0 Å². The molecule has 0 aliphatic heterocycles. The van der Waals surface area contributed by atoms with E-state index in [0.29, 0.717) is 18.5 Å². The molecule has 1 aliphatic rings. The van der Waals surface area contributed by atoms with E-state index in [9.17, 15) is 14.4 Å². The fourth-order valence-electron chi connectivity index (χ4n) is 2.53. The fraction of sp³-hybridized carbons (Fsp3) is 0.471. The standard InChI is InChI=1S/C17H21NO5/c1-22-16(20)6-3-9-18-15(19)11-23-17(21)14-8-7-12-4-2-5-13(12)10-14/h7-8,10H,2-6,9,11H2,1H3,(H,18,19). The first kappa shape index (κ1) is 17.0. The Bertz CT molecular complexity index is 597. The van der Waals surface area contributed by atoms with Gasteiger partial charge in [-0.3, -0.25) is 9.59 Å². The minimum absolute atomic E-state index is 0.242. The number of fused-ring (bicyclic) bond motifs is 1. The molecule has 0 heterocycles. The smallest absolute Gasteiger partial charge is 0.338 e. The summed E-state index contributed by atoms with van der Waals surface area (Å²) in [5.74, 6) is -1.20. The van der Waals surface area contributed by atoms with Crippen LogP contribution >= 0.6 is 0 Å². The van der Waals surface area contributed by atoms with Crippen molar-refractivity contribution in [3.05, 3.63) is 34.9 Å². The summed E-state index contributed by atoms with van der Waals surface area (Å²) in [5.41, 5.74) is 2.95. The number of benzene rings is 1. The average Bonchev–Trinajstić information content (AvgIpc) is 3.03. The van der Waals surface area contributed by atoms with Crippen molar-refractivity contribution < 1.29 is 23.9 Å². The van der Waals surface area contributed by atoms with Gasteiger partial charge in [0, 0.05) is 13.0 Å². The summed E-state index contributed by atoms with van der Waals surface area (Å²) in [4.78, 5) is 34.4. The molecule has 1 N–H and O–H groups in total. The highest BCUT2D eigenvalue weighted by Gasteiger charge is 2.15. The first-order chi connectivity index (χ1) is 11.1. The van der Waals surface area contributed by atoms with Gasteiger partial charge in [0.05, 0.1) is 12.7 Å². The molecule has 6 heteroatoms. The normalized spacial score (nSPS) is 12.4. The molecule has 0 radical (unpaired) electrons. The van der Waals surface area contributed by atoms with E-state index in [2.05, 4.69) is 10.1 Å². The van der Waals surface area contributed by atoms with Crippen LogP contribution in [0.15, 0.2) is 18.2 Å². The van der Waals surface area contributed by atoms with Crippen molar-refractivity contribution in [1.82, 2.24) is 5.32 Å². The first-order valence-corrected chi connectivity index (χ1v) is 7.72. The number of carbonyl (C=O) groups excluding carboxylic acids is 3. The third-order valence-corrected chi connectivity index (χ3v) is 3.78. The third kappa shape index (κ3) is 5.09. The molecule has 1 aromatic carbocycles. The molecule has 23 heavy (non-hydrogen) atoms. The van der Waals surface area contributed by atoms with E-state index in [-0.39, 0.29) is 24.9 Å². The van der Waals surface area contributed by atoms with E-state index in [1.807, 2.05) is 12.1 Å². The Morgan fingerprint density at radius 1 is 1.17 bits per heavy atom. The van der Waals surface area contributed by atoms with Gasteiger partial charge in [-0.25, -0.2) is 4.79 Å². The van der Waals surface area contributed by atoms with Gasteiger partial charge in [0.15, 0.2) is 6.61 Å². The highest BCUT2D eigenvalue weighted by atomic mass is 16.5. The molecular formula is C17H21NO5. The molecule has 6 nitrogen and oxygen atoms in total. The number of hydrogen-bond acceptors (Lipinski definition) is 5. The first-order valence-electron chi connectivity index (χ1n) is 7.72. The fourth-order valence-corrected chi connectivity index (χ4v) is 2.53. The molecule has 0 atom stereocenters. The maximum absolute atomic E-state index is 11.9. The lowest BCUT2D eigenvalue weighted by Crippen LogP contribution is -2.30. The molecule has 1 aromatic rings. The van der Waals surface area contributed by atoms with Crippen LogP contribution in [0.1, 0.15) is 40.7 Å². The number of nitrogens with one attached hydrogen (secondary N) is 1. The van der Waals surface area contributed by atoms with Gasteiger partial charge >= 0.3 is 11.9 Å². The monoisotopic (exact) mass is 319 g/mol.